The molecule has 1 N–H and O–H groups in total. The molecule has 0 aromatic heterocycles. The molecule has 0 amide bonds. The van der Waals surface area contributed by atoms with Gasteiger partial charge < -0.3 is 19.3 Å². The number of fused-ring (bicyclic) bond motifs is 3. The summed E-state index contributed by atoms with van der Waals surface area (Å²) in [7, 11) is 1.15. The first kappa shape index (κ1) is 21.5. The molecule has 1 aliphatic carbocycles. The van der Waals surface area contributed by atoms with E-state index in [0.717, 1.165) is 7.11 Å². The van der Waals surface area contributed by atoms with Crippen LogP contribution >= 0.6 is 0 Å². The summed E-state index contributed by atoms with van der Waals surface area (Å²) in [5, 5.41) is 11.7. The first-order valence-electron chi connectivity index (χ1n) is 10.6. The highest BCUT2D eigenvalue weighted by Gasteiger charge is 2.32. The molecule has 0 radical (unpaired) electrons. The van der Waals surface area contributed by atoms with E-state index in [2.05, 4.69) is 0 Å². The van der Waals surface area contributed by atoms with E-state index in [1.54, 1.807) is 60.7 Å². The summed E-state index contributed by atoms with van der Waals surface area (Å²) in [5.74, 6) is -0.774. The van der Waals surface area contributed by atoms with Gasteiger partial charge in [0.15, 0.2) is 17.0 Å². The molecule has 0 saturated heterocycles. The zero-order valence-electron chi connectivity index (χ0n) is 18.7. The molecule has 0 fully saturated rings. The smallest absolute Gasteiger partial charge is 0.506 e. The number of ether oxygens (including phenoxy) is 3. The van der Waals surface area contributed by atoms with Crippen molar-refractivity contribution < 1.29 is 28.9 Å². The van der Waals surface area contributed by atoms with Crippen molar-refractivity contribution in [2.45, 2.75) is 19.4 Å². The number of benzene rings is 2. The molecule has 0 unspecified atom stereocenters. The van der Waals surface area contributed by atoms with Crippen LogP contribution in [0.4, 0.5) is 4.79 Å². The third-order valence-electron chi connectivity index (χ3n) is 5.87. The normalized spacial score (nSPS) is 17.1. The molecular weight excluding hydrogens is 436 g/mol. The standard InChI is InChI=1S/C27H20O7/c1-27(2)13-12-18(34-27)19-20-21(23(29)15-9-5-4-8-14(15)22(19)28)24(30)16-10-6-7-11-17(16)25(20)33-26(31)32-3/h4-13,29H,1-3H3/b19-18+. The van der Waals surface area contributed by atoms with E-state index in [0.29, 0.717) is 5.56 Å². The summed E-state index contributed by atoms with van der Waals surface area (Å²) in [4.78, 5) is 39.9. The summed E-state index contributed by atoms with van der Waals surface area (Å²) >= 11 is 0. The Kier molecular flexibility index (Phi) is 4.79. The number of carbonyl (C=O) groups is 2. The molecule has 2 aliphatic rings. The van der Waals surface area contributed by atoms with E-state index in [1.165, 1.54) is 0 Å². The first-order valence-corrected chi connectivity index (χ1v) is 10.6. The fourth-order valence-electron chi connectivity index (χ4n) is 4.34. The molecule has 0 atom stereocenters. The van der Waals surface area contributed by atoms with Gasteiger partial charge in [0.2, 0.25) is 0 Å². The van der Waals surface area contributed by atoms with E-state index < -0.39 is 23.0 Å². The minimum absolute atomic E-state index is 0.00933. The molecule has 0 spiro atoms. The Bertz CT molecular complexity index is 1630. The molecule has 0 saturated carbocycles. The average Bonchev–Trinajstić information content (AvgIpc) is 3.15. The lowest BCUT2D eigenvalue weighted by molar-refractivity contribution is 0.101. The number of rotatable bonds is 1. The fraction of sp³-hybridized carbons (Fsp3) is 0.148. The van der Waals surface area contributed by atoms with Crippen molar-refractivity contribution in [1.29, 1.82) is 0 Å². The van der Waals surface area contributed by atoms with Crippen LogP contribution in [0.3, 0.4) is 0 Å². The van der Waals surface area contributed by atoms with E-state index in [-0.39, 0.29) is 49.6 Å². The number of hydrogen-bond donors (Lipinski definition) is 1. The lowest BCUT2D eigenvalue weighted by Crippen LogP contribution is -2.45. The van der Waals surface area contributed by atoms with Crippen LogP contribution in [0.2, 0.25) is 0 Å². The lowest BCUT2D eigenvalue weighted by atomic mass is 9.89. The van der Waals surface area contributed by atoms with Crippen molar-refractivity contribution in [3.8, 4) is 5.75 Å². The summed E-state index contributed by atoms with van der Waals surface area (Å²) in [6.45, 7) is 3.64. The van der Waals surface area contributed by atoms with Gasteiger partial charge in [0.25, 0.3) is 0 Å². The molecule has 1 aliphatic heterocycles. The van der Waals surface area contributed by atoms with Gasteiger partial charge in [0, 0.05) is 27.1 Å². The van der Waals surface area contributed by atoms with Gasteiger partial charge in [-0.1, -0.05) is 48.5 Å². The van der Waals surface area contributed by atoms with Crippen LogP contribution in [-0.2, 0) is 14.2 Å². The van der Waals surface area contributed by atoms with Gasteiger partial charge in [0.05, 0.1) is 17.9 Å². The van der Waals surface area contributed by atoms with Crippen molar-refractivity contribution in [3.05, 3.63) is 98.0 Å². The Hall–Kier alpha value is -4.39. The summed E-state index contributed by atoms with van der Waals surface area (Å²) in [5.41, 5.74) is -0.836. The van der Waals surface area contributed by atoms with E-state index in [9.17, 15) is 19.5 Å². The largest absolute Gasteiger partial charge is 0.513 e. The summed E-state index contributed by atoms with van der Waals surface area (Å²) in [6, 6.07) is 13.0. The Morgan fingerprint density at radius 3 is 2.24 bits per heavy atom. The highest BCUT2D eigenvalue weighted by molar-refractivity contribution is 6.17. The minimum Gasteiger partial charge on any atom is -0.506 e. The summed E-state index contributed by atoms with van der Waals surface area (Å²) < 4.78 is 16.3. The number of methoxy groups -OCH3 is 1. The molecule has 3 aromatic rings. The van der Waals surface area contributed by atoms with Gasteiger partial charge in [-0.05, 0) is 26.0 Å². The van der Waals surface area contributed by atoms with Crippen molar-refractivity contribution in [2.24, 2.45) is 0 Å². The highest BCUT2D eigenvalue weighted by Crippen LogP contribution is 2.32. The second-order valence-electron chi connectivity index (χ2n) is 8.51. The Morgan fingerprint density at radius 1 is 0.941 bits per heavy atom. The first-order chi connectivity index (χ1) is 16.2. The van der Waals surface area contributed by atoms with Crippen LogP contribution in [-0.4, -0.2) is 29.8 Å². The predicted octanol–water partition coefficient (Wildman–Crippen LogP) is 2.86. The van der Waals surface area contributed by atoms with Gasteiger partial charge in [-0.3, -0.25) is 9.59 Å². The molecular formula is C27H20O7. The molecule has 3 aromatic carbocycles. The molecule has 7 nitrogen and oxygen atoms in total. The number of hydrogen-bond acceptors (Lipinski definition) is 7. The van der Waals surface area contributed by atoms with Gasteiger partial charge in [-0.25, -0.2) is 4.79 Å². The van der Waals surface area contributed by atoms with Crippen LogP contribution in [0, 0.1) is 0 Å². The van der Waals surface area contributed by atoms with Crippen LogP contribution in [0.15, 0.2) is 65.5 Å². The van der Waals surface area contributed by atoms with Crippen molar-refractivity contribution in [1.82, 2.24) is 0 Å². The van der Waals surface area contributed by atoms with Crippen LogP contribution in [0.25, 0.3) is 22.3 Å². The topological polar surface area (TPSA) is 99.1 Å². The van der Waals surface area contributed by atoms with Crippen LogP contribution < -0.4 is 15.9 Å². The highest BCUT2D eigenvalue weighted by atomic mass is 16.7. The summed E-state index contributed by atoms with van der Waals surface area (Å²) in [6.07, 6.45) is 2.39. The zero-order chi connectivity index (χ0) is 24.2. The lowest BCUT2D eigenvalue weighted by Gasteiger charge is -2.19. The van der Waals surface area contributed by atoms with E-state index in [4.69, 9.17) is 14.2 Å². The van der Waals surface area contributed by atoms with Gasteiger partial charge in [-0.15, -0.1) is 0 Å². The maximum Gasteiger partial charge on any atom is 0.513 e. The fourth-order valence-corrected chi connectivity index (χ4v) is 4.34. The van der Waals surface area contributed by atoms with Crippen molar-refractivity contribution in [3.63, 3.8) is 0 Å². The Balaban J connectivity index is 2.17. The number of carbonyl (C=O) groups excluding carboxylic acids is 2. The molecule has 7 heteroatoms. The maximum atomic E-state index is 13.9. The number of ketones is 1. The molecule has 0 bridgehead atoms. The molecule has 1 heterocycles. The van der Waals surface area contributed by atoms with Gasteiger partial charge in [0.1, 0.15) is 17.1 Å². The third kappa shape index (κ3) is 3.16. The predicted molar refractivity (Wildman–Crippen MR) is 125 cm³/mol. The van der Waals surface area contributed by atoms with Crippen molar-refractivity contribution in [2.75, 3.05) is 7.11 Å². The number of aromatic hydroxyl groups is 1. The van der Waals surface area contributed by atoms with E-state index >= 15 is 0 Å². The second-order valence-corrected chi connectivity index (χ2v) is 8.51. The quantitative estimate of drug-likeness (QED) is 0.562. The SMILES string of the molecule is COC(=O)OC1=c2c(c(O)c3ccccc3c(=O)/c2=C2\C=CC(C)(C)O2)C(=O)c2ccccc21. The van der Waals surface area contributed by atoms with Crippen LogP contribution in [0.5, 0.6) is 5.75 Å². The molecule has 5 rings (SSSR count). The molecule has 170 valence electrons. The average molecular weight is 456 g/mol. The second kappa shape index (κ2) is 7.59. The van der Waals surface area contributed by atoms with Gasteiger partial charge >= 0.3 is 6.16 Å². The Morgan fingerprint density at radius 2 is 1.59 bits per heavy atom. The minimum atomic E-state index is -1.03. The van der Waals surface area contributed by atoms with Gasteiger partial charge in [-0.2, -0.15) is 0 Å². The van der Waals surface area contributed by atoms with E-state index in [1.807, 2.05) is 13.8 Å². The van der Waals surface area contributed by atoms with Crippen molar-refractivity contribution >= 4 is 34.2 Å². The maximum absolute atomic E-state index is 13.9. The third-order valence-corrected chi connectivity index (χ3v) is 5.87. The molecule has 34 heavy (non-hydrogen) atoms. The monoisotopic (exact) mass is 456 g/mol. The zero-order valence-corrected chi connectivity index (χ0v) is 18.7. The van der Waals surface area contributed by atoms with Crippen LogP contribution in [0.1, 0.15) is 35.3 Å². The Labute approximate surface area is 193 Å².